The minimum atomic E-state index is -5.01. The first-order valence-electron chi connectivity index (χ1n) is 4.21. The van der Waals surface area contributed by atoms with Crippen LogP contribution < -0.4 is 14.2 Å². The maximum atomic E-state index is 12.0. The lowest BCUT2D eigenvalue weighted by Gasteiger charge is -2.15. The Labute approximate surface area is 92.7 Å². The fourth-order valence-corrected chi connectivity index (χ4v) is 1.07. The minimum Gasteiger partial charge on any atom is -0.493 e. The summed E-state index contributed by atoms with van der Waals surface area (Å²) in [6, 6.07) is 3.16. The molecule has 0 aromatic heterocycles. The highest BCUT2D eigenvalue weighted by molar-refractivity contribution is 5.51. The van der Waals surface area contributed by atoms with Crippen LogP contribution in [0.3, 0.4) is 0 Å². The van der Waals surface area contributed by atoms with Crippen LogP contribution in [0.5, 0.6) is 17.2 Å². The Kier molecular flexibility index (Phi) is 3.97. The van der Waals surface area contributed by atoms with Crippen LogP contribution in [0.25, 0.3) is 0 Å². The maximum Gasteiger partial charge on any atom is 0.573 e. The first-order chi connectivity index (χ1) is 7.83. The van der Waals surface area contributed by atoms with Crippen molar-refractivity contribution in [1.82, 2.24) is 0 Å². The van der Waals surface area contributed by atoms with E-state index in [2.05, 4.69) is 14.2 Å². The summed E-state index contributed by atoms with van der Waals surface area (Å²) in [4.78, 5) is 0. The summed E-state index contributed by atoms with van der Waals surface area (Å²) in [7, 11) is 1.10. The van der Waals surface area contributed by atoms with E-state index in [1.165, 1.54) is 6.07 Å². The van der Waals surface area contributed by atoms with E-state index in [1.807, 2.05) is 0 Å². The summed E-state index contributed by atoms with van der Waals surface area (Å²) in [5.74, 6) is -1.98. The van der Waals surface area contributed by atoms with Crippen LogP contribution in [-0.2, 0) is 0 Å². The van der Waals surface area contributed by atoms with E-state index in [1.54, 1.807) is 0 Å². The maximum absolute atomic E-state index is 12.0. The van der Waals surface area contributed by atoms with Gasteiger partial charge in [0, 0.05) is 0 Å². The molecule has 0 fully saturated rings. The number of halogens is 5. The largest absolute Gasteiger partial charge is 0.573 e. The predicted octanol–water partition coefficient (Wildman–Crippen LogP) is 3.20. The Morgan fingerprint density at radius 3 is 2.18 bits per heavy atom. The Hall–Kier alpha value is -1.73. The summed E-state index contributed by atoms with van der Waals surface area (Å²) in [6.45, 7) is -3.29. The zero-order valence-electron chi connectivity index (χ0n) is 8.42. The molecule has 0 radical (unpaired) electrons. The van der Waals surface area contributed by atoms with Crippen LogP contribution >= 0.6 is 0 Å². The highest BCUT2D eigenvalue weighted by Gasteiger charge is 2.33. The highest BCUT2D eigenvalue weighted by Crippen LogP contribution is 2.40. The molecular weight excluding hydrogens is 251 g/mol. The summed E-state index contributed by atoms with van der Waals surface area (Å²) in [5, 5.41) is 0. The van der Waals surface area contributed by atoms with Crippen LogP contribution in [0.1, 0.15) is 0 Å². The molecule has 0 bridgehead atoms. The second-order valence-corrected chi connectivity index (χ2v) is 2.71. The van der Waals surface area contributed by atoms with E-state index in [9.17, 15) is 22.0 Å². The molecule has 3 nitrogen and oxygen atoms in total. The van der Waals surface area contributed by atoms with Gasteiger partial charge in [-0.2, -0.15) is 8.78 Å². The molecule has 0 saturated heterocycles. The van der Waals surface area contributed by atoms with Crippen molar-refractivity contribution in [3.63, 3.8) is 0 Å². The Bertz CT molecular complexity index is 377. The van der Waals surface area contributed by atoms with Crippen molar-refractivity contribution in [3.8, 4) is 17.2 Å². The third-order valence-electron chi connectivity index (χ3n) is 1.60. The molecule has 0 atom stereocenters. The van der Waals surface area contributed by atoms with E-state index >= 15 is 0 Å². The number of benzene rings is 1. The standard InChI is InChI=1S/C9H7F5O3/c1-15-5-3-2-4-6(17-9(12,13)14)7(5)16-8(10)11/h2-4,8H,1H3. The average molecular weight is 258 g/mol. The van der Waals surface area contributed by atoms with Gasteiger partial charge in [-0.3, -0.25) is 0 Å². The molecular formula is C9H7F5O3. The van der Waals surface area contributed by atoms with Crippen LogP contribution in [0.4, 0.5) is 22.0 Å². The summed E-state index contributed by atoms with van der Waals surface area (Å²) in [6.07, 6.45) is -5.01. The van der Waals surface area contributed by atoms with Gasteiger partial charge in [0.05, 0.1) is 7.11 Å². The van der Waals surface area contributed by atoms with Crippen LogP contribution in [-0.4, -0.2) is 20.1 Å². The Morgan fingerprint density at radius 1 is 1.12 bits per heavy atom. The lowest BCUT2D eigenvalue weighted by Crippen LogP contribution is -2.18. The minimum absolute atomic E-state index is 0.285. The average Bonchev–Trinajstić information content (AvgIpc) is 2.17. The first kappa shape index (κ1) is 13.3. The topological polar surface area (TPSA) is 27.7 Å². The molecule has 0 saturated carbocycles. The molecule has 17 heavy (non-hydrogen) atoms. The predicted molar refractivity (Wildman–Crippen MR) is 46.3 cm³/mol. The van der Waals surface area contributed by atoms with Gasteiger partial charge in [0.15, 0.2) is 11.5 Å². The summed E-state index contributed by atoms with van der Waals surface area (Å²) < 4.78 is 72.1. The Morgan fingerprint density at radius 2 is 1.71 bits per heavy atom. The number of para-hydroxylation sites is 1. The number of alkyl halides is 5. The fraction of sp³-hybridized carbons (Fsp3) is 0.333. The number of methoxy groups -OCH3 is 1. The first-order valence-corrected chi connectivity index (χ1v) is 4.21. The van der Waals surface area contributed by atoms with Crippen molar-refractivity contribution in [1.29, 1.82) is 0 Å². The third-order valence-corrected chi connectivity index (χ3v) is 1.60. The Balaban J connectivity index is 3.10. The van der Waals surface area contributed by atoms with Gasteiger partial charge in [-0.15, -0.1) is 13.2 Å². The summed E-state index contributed by atoms with van der Waals surface area (Å²) in [5.41, 5.74) is 0. The monoisotopic (exact) mass is 258 g/mol. The van der Waals surface area contributed by atoms with E-state index in [-0.39, 0.29) is 5.75 Å². The van der Waals surface area contributed by atoms with Gasteiger partial charge in [0.25, 0.3) is 0 Å². The van der Waals surface area contributed by atoms with E-state index in [0.717, 1.165) is 19.2 Å². The number of hydrogen-bond donors (Lipinski definition) is 0. The van der Waals surface area contributed by atoms with Crippen LogP contribution in [0.15, 0.2) is 18.2 Å². The van der Waals surface area contributed by atoms with Gasteiger partial charge >= 0.3 is 13.0 Å². The molecule has 96 valence electrons. The van der Waals surface area contributed by atoms with Crippen LogP contribution in [0.2, 0.25) is 0 Å². The van der Waals surface area contributed by atoms with Crippen molar-refractivity contribution < 1.29 is 36.2 Å². The second kappa shape index (κ2) is 5.07. The summed E-state index contributed by atoms with van der Waals surface area (Å²) >= 11 is 0. The molecule has 0 unspecified atom stereocenters. The van der Waals surface area contributed by atoms with Gasteiger partial charge in [0.2, 0.25) is 5.75 Å². The normalized spacial score (nSPS) is 11.5. The number of hydrogen-bond acceptors (Lipinski definition) is 3. The molecule has 0 aliphatic rings. The number of ether oxygens (including phenoxy) is 3. The fourth-order valence-electron chi connectivity index (χ4n) is 1.07. The molecule has 0 aliphatic heterocycles. The quantitative estimate of drug-likeness (QED) is 0.776. The lowest BCUT2D eigenvalue weighted by molar-refractivity contribution is -0.275. The molecule has 0 aliphatic carbocycles. The van der Waals surface area contributed by atoms with E-state index in [4.69, 9.17) is 0 Å². The molecule has 1 aromatic rings. The van der Waals surface area contributed by atoms with Crippen molar-refractivity contribution in [3.05, 3.63) is 18.2 Å². The molecule has 8 heteroatoms. The second-order valence-electron chi connectivity index (χ2n) is 2.71. The zero-order chi connectivity index (χ0) is 13.1. The zero-order valence-corrected chi connectivity index (χ0v) is 8.42. The number of rotatable bonds is 4. The molecule has 1 rings (SSSR count). The molecule has 0 N–H and O–H groups in total. The van der Waals surface area contributed by atoms with Gasteiger partial charge in [-0.25, -0.2) is 0 Å². The van der Waals surface area contributed by atoms with Gasteiger partial charge in [0.1, 0.15) is 0 Å². The van der Waals surface area contributed by atoms with Gasteiger partial charge < -0.3 is 14.2 Å². The SMILES string of the molecule is COc1cccc(OC(F)(F)F)c1OC(F)F. The van der Waals surface area contributed by atoms with E-state index < -0.39 is 24.5 Å². The van der Waals surface area contributed by atoms with Crippen molar-refractivity contribution in [2.75, 3.05) is 7.11 Å². The van der Waals surface area contributed by atoms with Crippen molar-refractivity contribution in [2.45, 2.75) is 13.0 Å². The van der Waals surface area contributed by atoms with Gasteiger partial charge in [-0.05, 0) is 12.1 Å². The van der Waals surface area contributed by atoms with E-state index in [0.29, 0.717) is 0 Å². The molecule has 0 spiro atoms. The third kappa shape index (κ3) is 3.97. The molecule has 0 amide bonds. The smallest absolute Gasteiger partial charge is 0.493 e. The van der Waals surface area contributed by atoms with Crippen LogP contribution in [0, 0.1) is 0 Å². The molecule has 1 aromatic carbocycles. The van der Waals surface area contributed by atoms with Gasteiger partial charge in [-0.1, -0.05) is 6.07 Å². The van der Waals surface area contributed by atoms with Crippen molar-refractivity contribution >= 4 is 0 Å². The molecule has 0 heterocycles. The lowest BCUT2D eigenvalue weighted by atomic mass is 10.3. The highest BCUT2D eigenvalue weighted by atomic mass is 19.4. The van der Waals surface area contributed by atoms with Crippen molar-refractivity contribution in [2.24, 2.45) is 0 Å².